The average molecular weight is 215 g/mol. The first-order valence-corrected chi connectivity index (χ1v) is 4.73. The van der Waals surface area contributed by atoms with E-state index in [1.807, 2.05) is 0 Å². The number of aryl methyl sites for hydroxylation is 1. The minimum atomic E-state index is -0.831. The van der Waals surface area contributed by atoms with Crippen molar-refractivity contribution in [3.8, 4) is 0 Å². The topological polar surface area (TPSA) is 85.1 Å². The molecule has 0 radical (unpaired) electrons. The third kappa shape index (κ3) is 3.80. The molecule has 0 aliphatic carbocycles. The van der Waals surface area contributed by atoms with Gasteiger partial charge < -0.3 is 15.2 Å². The SMILES string of the molecule is COCCC(C)(O)CNc1nnnn1C. The molecule has 1 heterocycles. The van der Waals surface area contributed by atoms with Crippen molar-refractivity contribution < 1.29 is 9.84 Å². The number of tetrazole rings is 1. The van der Waals surface area contributed by atoms with Gasteiger partial charge in [-0.3, -0.25) is 0 Å². The van der Waals surface area contributed by atoms with Crippen LogP contribution in [0.2, 0.25) is 0 Å². The van der Waals surface area contributed by atoms with Crippen LogP contribution in [0.3, 0.4) is 0 Å². The largest absolute Gasteiger partial charge is 0.388 e. The van der Waals surface area contributed by atoms with Gasteiger partial charge in [0.2, 0.25) is 5.95 Å². The van der Waals surface area contributed by atoms with Crippen LogP contribution in [0.1, 0.15) is 13.3 Å². The summed E-state index contributed by atoms with van der Waals surface area (Å²) in [4.78, 5) is 0. The summed E-state index contributed by atoms with van der Waals surface area (Å²) in [5.41, 5.74) is -0.831. The molecule has 1 unspecified atom stereocenters. The molecule has 7 heteroatoms. The fourth-order valence-electron chi connectivity index (χ4n) is 1.06. The predicted molar refractivity (Wildman–Crippen MR) is 54.4 cm³/mol. The summed E-state index contributed by atoms with van der Waals surface area (Å²) in [6.45, 7) is 2.64. The fourth-order valence-corrected chi connectivity index (χ4v) is 1.06. The molecule has 0 fully saturated rings. The summed E-state index contributed by atoms with van der Waals surface area (Å²) in [5.74, 6) is 0.535. The van der Waals surface area contributed by atoms with Crippen molar-refractivity contribution in [1.82, 2.24) is 20.2 Å². The van der Waals surface area contributed by atoms with Crippen molar-refractivity contribution in [2.45, 2.75) is 18.9 Å². The quantitative estimate of drug-likeness (QED) is 0.659. The van der Waals surface area contributed by atoms with Gasteiger partial charge in [-0.25, -0.2) is 4.68 Å². The van der Waals surface area contributed by atoms with Crippen LogP contribution < -0.4 is 5.32 Å². The van der Waals surface area contributed by atoms with Crippen molar-refractivity contribution in [3.63, 3.8) is 0 Å². The lowest BCUT2D eigenvalue weighted by Gasteiger charge is -2.22. The molecule has 1 aromatic heterocycles. The third-order valence-electron chi connectivity index (χ3n) is 2.09. The Labute approximate surface area is 88.4 Å². The second-order valence-corrected chi connectivity index (χ2v) is 3.72. The molecule has 1 aromatic rings. The molecule has 0 aromatic carbocycles. The molecule has 2 N–H and O–H groups in total. The molecule has 0 saturated carbocycles. The van der Waals surface area contributed by atoms with Crippen LogP contribution in [-0.4, -0.2) is 51.2 Å². The molecule has 0 bridgehead atoms. The van der Waals surface area contributed by atoms with E-state index in [9.17, 15) is 5.11 Å². The second-order valence-electron chi connectivity index (χ2n) is 3.72. The van der Waals surface area contributed by atoms with Crippen molar-refractivity contribution in [3.05, 3.63) is 0 Å². The van der Waals surface area contributed by atoms with Gasteiger partial charge in [-0.15, -0.1) is 0 Å². The Kier molecular flexibility index (Phi) is 3.98. The molecular formula is C8H17N5O2. The molecule has 15 heavy (non-hydrogen) atoms. The van der Waals surface area contributed by atoms with Crippen LogP contribution in [-0.2, 0) is 11.8 Å². The number of methoxy groups -OCH3 is 1. The number of hydrogen-bond acceptors (Lipinski definition) is 6. The summed E-state index contributed by atoms with van der Waals surface area (Å²) >= 11 is 0. The highest BCUT2D eigenvalue weighted by atomic mass is 16.5. The van der Waals surface area contributed by atoms with Crippen LogP contribution in [0.4, 0.5) is 5.95 Å². The first-order chi connectivity index (χ1) is 7.05. The first-order valence-electron chi connectivity index (χ1n) is 4.73. The molecule has 7 nitrogen and oxygen atoms in total. The highest BCUT2D eigenvalue weighted by molar-refractivity contribution is 5.21. The maximum Gasteiger partial charge on any atom is 0.242 e. The number of nitrogens with one attached hydrogen (secondary N) is 1. The van der Waals surface area contributed by atoms with E-state index >= 15 is 0 Å². The van der Waals surface area contributed by atoms with Crippen molar-refractivity contribution in [2.75, 3.05) is 25.6 Å². The van der Waals surface area contributed by atoms with E-state index in [2.05, 4.69) is 20.8 Å². The van der Waals surface area contributed by atoms with Gasteiger partial charge in [-0.05, 0) is 17.4 Å². The average Bonchev–Trinajstić information content (AvgIpc) is 2.58. The molecule has 1 atom stereocenters. The molecule has 0 spiro atoms. The molecule has 1 rings (SSSR count). The maximum absolute atomic E-state index is 9.91. The Bertz CT molecular complexity index is 299. The Morgan fingerprint density at radius 1 is 1.60 bits per heavy atom. The lowest BCUT2D eigenvalue weighted by Crippen LogP contribution is -2.35. The van der Waals surface area contributed by atoms with Crippen LogP contribution in [0.5, 0.6) is 0 Å². The Hall–Kier alpha value is -1.21. The van der Waals surface area contributed by atoms with Gasteiger partial charge >= 0.3 is 0 Å². The Morgan fingerprint density at radius 3 is 2.87 bits per heavy atom. The van der Waals surface area contributed by atoms with E-state index < -0.39 is 5.60 Å². The highest BCUT2D eigenvalue weighted by Crippen LogP contribution is 2.10. The normalized spacial score (nSPS) is 14.9. The Morgan fingerprint density at radius 2 is 2.33 bits per heavy atom. The van der Waals surface area contributed by atoms with E-state index in [-0.39, 0.29) is 0 Å². The molecule has 0 aliphatic heterocycles. The van der Waals surface area contributed by atoms with Crippen LogP contribution in [0.15, 0.2) is 0 Å². The maximum atomic E-state index is 9.91. The van der Waals surface area contributed by atoms with Gasteiger partial charge in [0.05, 0.1) is 5.60 Å². The number of anilines is 1. The number of aliphatic hydroxyl groups is 1. The van der Waals surface area contributed by atoms with E-state index in [0.717, 1.165) is 0 Å². The van der Waals surface area contributed by atoms with Crippen molar-refractivity contribution in [1.29, 1.82) is 0 Å². The van der Waals surface area contributed by atoms with E-state index in [0.29, 0.717) is 25.5 Å². The molecule has 0 amide bonds. The van der Waals surface area contributed by atoms with Crippen molar-refractivity contribution >= 4 is 5.95 Å². The minimum Gasteiger partial charge on any atom is -0.388 e. The third-order valence-corrected chi connectivity index (χ3v) is 2.09. The minimum absolute atomic E-state index is 0.380. The molecular weight excluding hydrogens is 198 g/mol. The first kappa shape index (κ1) is 11.9. The zero-order valence-corrected chi connectivity index (χ0v) is 9.27. The molecule has 86 valence electrons. The van der Waals surface area contributed by atoms with Gasteiger partial charge in [-0.1, -0.05) is 5.10 Å². The summed E-state index contributed by atoms with van der Waals surface area (Å²) in [5, 5.41) is 23.8. The summed E-state index contributed by atoms with van der Waals surface area (Å²) < 4.78 is 6.41. The standard InChI is InChI=1S/C8H17N5O2/c1-8(14,4-5-15-3)6-9-7-10-11-12-13(7)2/h14H,4-6H2,1-3H3,(H,9,10,12). The second kappa shape index (κ2) is 5.04. The van der Waals surface area contributed by atoms with Crippen LogP contribution in [0.25, 0.3) is 0 Å². The van der Waals surface area contributed by atoms with Gasteiger partial charge in [0.15, 0.2) is 0 Å². The lowest BCUT2D eigenvalue weighted by atomic mass is 10.0. The Balaban J connectivity index is 2.39. The summed E-state index contributed by atoms with van der Waals surface area (Å²) in [6.07, 6.45) is 0.557. The fraction of sp³-hybridized carbons (Fsp3) is 0.875. The smallest absolute Gasteiger partial charge is 0.242 e. The highest BCUT2D eigenvalue weighted by Gasteiger charge is 2.20. The lowest BCUT2D eigenvalue weighted by molar-refractivity contribution is 0.0356. The monoisotopic (exact) mass is 215 g/mol. The van der Waals surface area contributed by atoms with Crippen LogP contribution in [0, 0.1) is 0 Å². The van der Waals surface area contributed by atoms with Gasteiger partial charge in [0.25, 0.3) is 0 Å². The predicted octanol–water partition coefficient (Wildman–Crippen LogP) is -0.591. The zero-order valence-electron chi connectivity index (χ0n) is 9.27. The zero-order chi connectivity index (χ0) is 11.3. The van der Waals surface area contributed by atoms with Crippen LogP contribution >= 0.6 is 0 Å². The summed E-state index contributed by atoms with van der Waals surface area (Å²) in [7, 11) is 3.34. The number of rotatable bonds is 6. The number of hydrogen-bond donors (Lipinski definition) is 2. The number of nitrogens with zero attached hydrogens (tertiary/aromatic N) is 4. The van der Waals surface area contributed by atoms with E-state index in [4.69, 9.17) is 4.74 Å². The molecule has 0 aliphatic rings. The number of ether oxygens (including phenoxy) is 1. The summed E-state index contributed by atoms with van der Waals surface area (Å²) in [6, 6.07) is 0. The van der Waals surface area contributed by atoms with Gasteiger partial charge in [0.1, 0.15) is 0 Å². The molecule has 0 saturated heterocycles. The van der Waals surface area contributed by atoms with Gasteiger partial charge in [0, 0.05) is 33.7 Å². The van der Waals surface area contributed by atoms with Crippen molar-refractivity contribution in [2.24, 2.45) is 7.05 Å². The van der Waals surface area contributed by atoms with E-state index in [1.165, 1.54) is 4.68 Å². The van der Waals surface area contributed by atoms with E-state index in [1.54, 1.807) is 21.1 Å². The number of aromatic nitrogens is 4. The van der Waals surface area contributed by atoms with Gasteiger partial charge in [-0.2, -0.15) is 0 Å².